The molecule has 4 amide bonds. The Labute approximate surface area is 226 Å². The number of carbonyl (C=O) groups is 5. The lowest BCUT2D eigenvalue weighted by atomic mass is 9.89. The number of carbonyl (C=O) groups excluding carboxylic acids is 5. The van der Waals surface area contributed by atoms with Crippen LogP contribution in [0.15, 0.2) is 48.5 Å². The predicted molar refractivity (Wildman–Crippen MR) is 143 cm³/mol. The molecule has 10 heteroatoms. The lowest BCUT2D eigenvalue weighted by Crippen LogP contribution is -2.57. The second kappa shape index (κ2) is 11.4. The minimum Gasteiger partial charge on any atom is -0.372 e. The third-order valence-corrected chi connectivity index (χ3v) is 7.35. The summed E-state index contributed by atoms with van der Waals surface area (Å²) in [6.45, 7) is 4.20. The summed E-state index contributed by atoms with van der Waals surface area (Å²) < 4.78 is 0. The fraction of sp³-hybridized carbons (Fsp3) is 0.414. The maximum atomic E-state index is 13.8. The SMILES string of the molecule is CNC(=O)C(=O)[C@H](C[C@H]1CCNC1=O)NC(=O)[C@@H](CC(C)C)NC(=O)C1(O)c2ccccc2-c2ccccc21. The van der Waals surface area contributed by atoms with Crippen molar-refractivity contribution in [3.8, 4) is 11.1 Å². The van der Waals surface area contributed by atoms with Crippen LogP contribution in [-0.4, -0.2) is 60.2 Å². The largest absolute Gasteiger partial charge is 0.372 e. The Hall–Kier alpha value is -4.05. The highest BCUT2D eigenvalue weighted by Crippen LogP contribution is 2.47. The molecule has 1 saturated heterocycles. The molecule has 3 atom stereocenters. The van der Waals surface area contributed by atoms with Gasteiger partial charge in [-0.15, -0.1) is 0 Å². The van der Waals surface area contributed by atoms with Crippen LogP contribution in [0.2, 0.25) is 0 Å². The van der Waals surface area contributed by atoms with Crippen molar-refractivity contribution in [2.45, 2.75) is 50.8 Å². The lowest BCUT2D eigenvalue weighted by Gasteiger charge is -2.29. The van der Waals surface area contributed by atoms with E-state index in [1.165, 1.54) is 7.05 Å². The molecular formula is C29H34N4O6. The van der Waals surface area contributed by atoms with Crippen LogP contribution in [0.3, 0.4) is 0 Å². The molecule has 1 heterocycles. The maximum Gasteiger partial charge on any atom is 0.289 e. The van der Waals surface area contributed by atoms with Crippen molar-refractivity contribution in [1.29, 1.82) is 0 Å². The molecule has 206 valence electrons. The molecule has 0 aromatic heterocycles. The van der Waals surface area contributed by atoms with Gasteiger partial charge in [-0.25, -0.2) is 0 Å². The molecule has 1 fully saturated rings. The van der Waals surface area contributed by atoms with E-state index in [0.717, 1.165) is 11.1 Å². The van der Waals surface area contributed by atoms with E-state index in [-0.39, 0.29) is 24.7 Å². The lowest BCUT2D eigenvalue weighted by molar-refractivity contribution is -0.142. The predicted octanol–water partition coefficient (Wildman–Crippen LogP) is 0.760. The Morgan fingerprint density at radius 1 is 0.974 bits per heavy atom. The average Bonchev–Trinajstić information content (AvgIpc) is 3.45. The van der Waals surface area contributed by atoms with Gasteiger partial charge in [0.15, 0.2) is 5.60 Å². The van der Waals surface area contributed by atoms with Gasteiger partial charge in [0.25, 0.3) is 11.8 Å². The molecule has 2 aromatic carbocycles. The van der Waals surface area contributed by atoms with Gasteiger partial charge >= 0.3 is 0 Å². The van der Waals surface area contributed by atoms with Crippen molar-refractivity contribution < 1.29 is 29.1 Å². The van der Waals surface area contributed by atoms with Crippen molar-refractivity contribution in [1.82, 2.24) is 21.3 Å². The zero-order chi connectivity index (χ0) is 28.3. The number of aliphatic hydroxyl groups is 1. The Balaban J connectivity index is 1.60. The summed E-state index contributed by atoms with van der Waals surface area (Å²) in [4.78, 5) is 64.4. The van der Waals surface area contributed by atoms with Crippen LogP contribution in [0.25, 0.3) is 11.1 Å². The van der Waals surface area contributed by atoms with Crippen molar-refractivity contribution in [2.24, 2.45) is 11.8 Å². The second-order valence-corrected chi connectivity index (χ2v) is 10.5. The standard InChI is InChI=1S/C29H34N4O6/c1-16(2)14-23(26(36)32-22(24(34)27(37)30-3)15-17-12-13-31-25(17)35)33-28(38)29(39)20-10-6-4-8-18(20)19-9-5-7-11-21(19)29/h4-11,16-17,22-23,39H,12-15H2,1-3H3,(H,30,37)(H,31,35)(H,32,36)(H,33,38)/t17-,22+,23-/m1/s1. The van der Waals surface area contributed by atoms with Gasteiger partial charge < -0.3 is 26.4 Å². The topological polar surface area (TPSA) is 154 Å². The maximum absolute atomic E-state index is 13.8. The van der Waals surface area contributed by atoms with E-state index in [2.05, 4.69) is 21.3 Å². The Morgan fingerprint density at radius 2 is 1.56 bits per heavy atom. The molecule has 2 aliphatic rings. The normalized spacial score (nSPS) is 18.4. The van der Waals surface area contributed by atoms with E-state index < -0.39 is 47.1 Å². The van der Waals surface area contributed by atoms with Gasteiger partial charge in [0.05, 0.1) is 6.04 Å². The van der Waals surface area contributed by atoms with E-state index in [1.807, 2.05) is 38.1 Å². The number of ketones is 1. The first-order valence-corrected chi connectivity index (χ1v) is 13.1. The van der Waals surface area contributed by atoms with E-state index >= 15 is 0 Å². The number of nitrogens with one attached hydrogen (secondary N) is 4. The Bertz CT molecular complexity index is 1260. The highest BCUT2D eigenvalue weighted by Gasteiger charge is 2.48. The number of hydrogen-bond acceptors (Lipinski definition) is 6. The molecule has 0 bridgehead atoms. The molecular weight excluding hydrogens is 500 g/mol. The number of hydrogen-bond donors (Lipinski definition) is 5. The molecule has 0 radical (unpaired) electrons. The molecule has 2 aromatic rings. The third kappa shape index (κ3) is 5.42. The third-order valence-electron chi connectivity index (χ3n) is 7.35. The zero-order valence-electron chi connectivity index (χ0n) is 22.2. The molecule has 10 nitrogen and oxygen atoms in total. The quantitative estimate of drug-likeness (QED) is 0.284. The van der Waals surface area contributed by atoms with E-state index in [0.29, 0.717) is 24.1 Å². The summed E-state index contributed by atoms with van der Waals surface area (Å²) in [5, 5.41) is 22.1. The number of rotatable bonds is 10. The molecule has 5 N–H and O–H groups in total. The number of benzene rings is 2. The highest BCUT2D eigenvalue weighted by atomic mass is 16.3. The summed E-state index contributed by atoms with van der Waals surface area (Å²) in [6, 6.07) is 11.7. The summed E-state index contributed by atoms with van der Waals surface area (Å²) >= 11 is 0. The number of amides is 4. The van der Waals surface area contributed by atoms with Gasteiger partial charge in [-0.1, -0.05) is 62.4 Å². The number of likely N-dealkylation sites (N-methyl/N-ethyl adjacent to an activating group) is 1. The van der Waals surface area contributed by atoms with E-state index in [4.69, 9.17) is 0 Å². The first kappa shape index (κ1) is 28.0. The monoisotopic (exact) mass is 534 g/mol. The van der Waals surface area contributed by atoms with Crippen molar-refractivity contribution in [3.05, 3.63) is 59.7 Å². The van der Waals surface area contributed by atoms with Crippen LogP contribution in [0.4, 0.5) is 0 Å². The first-order chi connectivity index (χ1) is 18.6. The molecule has 39 heavy (non-hydrogen) atoms. The van der Waals surface area contributed by atoms with Crippen LogP contribution in [0, 0.1) is 11.8 Å². The van der Waals surface area contributed by atoms with Gasteiger partial charge in [-0.3, -0.25) is 24.0 Å². The summed E-state index contributed by atoms with van der Waals surface area (Å²) in [6.07, 6.45) is 0.642. The van der Waals surface area contributed by atoms with Crippen LogP contribution in [0.5, 0.6) is 0 Å². The molecule has 0 unspecified atom stereocenters. The van der Waals surface area contributed by atoms with Gasteiger partial charge in [-0.2, -0.15) is 0 Å². The fourth-order valence-electron chi connectivity index (χ4n) is 5.36. The molecule has 0 spiro atoms. The Kier molecular flexibility index (Phi) is 8.15. The van der Waals surface area contributed by atoms with Crippen LogP contribution in [-0.2, 0) is 29.6 Å². The number of Topliss-reactive ketones (excluding diaryl/α,β-unsaturated/α-hetero) is 1. The minimum absolute atomic E-state index is 0.0347. The molecule has 0 saturated carbocycles. The summed E-state index contributed by atoms with van der Waals surface area (Å²) in [5.41, 5.74) is 0.241. The zero-order valence-corrected chi connectivity index (χ0v) is 22.2. The summed E-state index contributed by atoms with van der Waals surface area (Å²) in [5.74, 6) is -4.03. The smallest absolute Gasteiger partial charge is 0.289 e. The minimum atomic E-state index is -2.03. The average molecular weight is 535 g/mol. The second-order valence-electron chi connectivity index (χ2n) is 10.5. The van der Waals surface area contributed by atoms with Gasteiger partial charge in [0.2, 0.25) is 17.6 Å². The molecule has 4 rings (SSSR count). The fourth-order valence-corrected chi connectivity index (χ4v) is 5.36. The molecule has 1 aliphatic heterocycles. The van der Waals surface area contributed by atoms with Crippen molar-refractivity contribution in [3.63, 3.8) is 0 Å². The van der Waals surface area contributed by atoms with Crippen LogP contribution in [0.1, 0.15) is 44.2 Å². The molecule has 1 aliphatic carbocycles. The highest BCUT2D eigenvalue weighted by molar-refractivity contribution is 6.38. The van der Waals surface area contributed by atoms with Gasteiger partial charge in [0, 0.05) is 30.6 Å². The Morgan fingerprint density at radius 3 is 2.08 bits per heavy atom. The van der Waals surface area contributed by atoms with Crippen molar-refractivity contribution >= 4 is 29.4 Å². The number of fused-ring (bicyclic) bond motifs is 3. The summed E-state index contributed by atoms with van der Waals surface area (Å²) in [7, 11) is 1.31. The van der Waals surface area contributed by atoms with Crippen LogP contribution < -0.4 is 21.3 Å². The first-order valence-electron chi connectivity index (χ1n) is 13.1. The van der Waals surface area contributed by atoms with Gasteiger partial charge in [-0.05, 0) is 36.3 Å². The van der Waals surface area contributed by atoms with Crippen molar-refractivity contribution in [2.75, 3.05) is 13.6 Å². The van der Waals surface area contributed by atoms with E-state index in [1.54, 1.807) is 24.3 Å². The van der Waals surface area contributed by atoms with Gasteiger partial charge in [0.1, 0.15) is 6.04 Å². The van der Waals surface area contributed by atoms with E-state index in [9.17, 15) is 29.1 Å². The van der Waals surface area contributed by atoms with Crippen LogP contribution >= 0.6 is 0 Å².